The summed E-state index contributed by atoms with van der Waals surface area (Å²) in [6.07, 6.45) is 4.77. The second kappa shape index (κ2) is 5.32. The molecule has 0 radical (unpaired) electrons. The van der Waals surface area contributed by atoms with Crippen molar-refractivity contribution in [1.82, 2.24) is 9.99 Å². The van der Waals surface area contributed by atoms with Crippen molar-refractivity contribution in [3.05, 3.63) is 77.6 Å². The lowest BCUT2D eigenvalue weighted by Crippen LogP contribution is -2.33. The Labute approximate surface area is 123 Å². The lowest BCUT2D eigenvalue weighted by molar-refractivity contribution is -0.127. The lowest BCUT2D eigenvalue weighted by Gasteiger charge is -2.31. The number of carbonyl (C=O) groups excluding carboxylic acids is 1. The van der Waals surface area contributed by atoms with E-state index in [0.717, 1.165) is 22.4 Å². The molecule has 0 spiro atoms. The van der Waals surface area contributed by atoms with Crippen LogP contribution in [0.3, 0.4) is 0 Å². The third-order valence-corrected chi connectivity index (χ3v) is 3.51. The zero-order valence-corrected chi connectivity index (χ0v) is 11.7. The number of aromatic nitrogens is 1. The van der Waals surface area contributed by atoms with Crippen LogP contribution in [0.2, 0.25) is 0 Å². The van der Waals surface area contributed by atoms with E-state index >= 15 is 0 Å². The van der Waals surface area contributed by atoms with Gasteiger partial charge in [0.2, 0.25) is 0 Å². The number of hydrogen-bond donors (Lipinski definition) is 0. The lowest BCUT2D eigenvalue weighted by atomic mass is 9.94. The van der Waals surface area contributed by atoms with Gasteiger partial charge in [0.15, 0.2) is 0 Å². The minimum Gasteiger partial charge on any atom is -0.268 e. The second-order valence-corrected chi connectivity index (χ2v) is 4.90. The molecule has 1 unspecified atom stereocenters. The van der Waals surface area contributed by atoms with Gasteiger partial charge < -0.3 is 0 Å². The van der Waals surface area contributed by atoms with E-state index in [1.165, 1.54) is 11.1 Å². The fourth-order valence-corrected chi connectivity index (χ4v) is 2.44. The predicted molar refractivity (Wildman–Crippen MR) is 81.9 cm³/mol. The summed E-state index contributed by atoms with van der Waals surface area (Å²) < 4.78 is 0. The molecule has 1 amide bonds. The average Bonchev–Trinajstić information content (AvgIpc) is 2.54. The molecule has 2 aromatic rings. The predicted octanol–water partition coefficient (Wildman–Crippen LogP) is 2.84. The SMILES string of the molecule is C=CC(=O)N1N=Cc2ccccc2C1c1ccc(C)nc1. The summed E-state index contributed by atoms with van der Waals surface area (Å²) in [5.41, 5.74) is 3.91. The molecule has 0 aliphatic carbocycles. The maximum atomic E-state index is 12.1. The van der Waals surface area contributed by atoms with Gasteiger partial charge in [-0.1, -0.05) is 36.9 Å². The molecule has 21 heavy (non-hydrogen) atoms. The number of pyridine rings is 1. The molecule has 3 rings (SSSR count). The molecule has 1 aromatic carbocycles. The normalized spacial score (nSPS) is 16.4. The Balaban J connectivity index is 2.14. The van der Waals surface area contributed by atoms with E-state index in [4.69, 9.17) is 0 Å². The molecule has 4 heteroatoms. The Bertz CT molecular complexity index is 719. The second-order valence-electron chi connectivity index (χ2n) is 4.90. The van der Waals surface area contributed by atoms with Crippen molar-refractivity contribution in [2.24, 2.45) is 5.10 Å². The van der Waals surface area contributed by atoms with Crippen molar-refractivity contribution < 1.29 is 4.79 Å². The molecule has 1 aromatic heterocycles. The quantitative estimate of drug-likeness (QED) is 0.792. The molecule has 1 atom stereocenters. The Hall–Kier alpha value is -2.75. The number of amides is 1. The smallest absolute Gasteiger partial charge is 0.266 e. The van der Waals surface area contributed by atoms with Crippen molar-refractivity contribution in [1.29, 1.82) is 0 Å². The first kappa shape index (κ1) is 13.2. The van der Waals surface area contributed by atoms with Crippen LogP contribution >= 0.6 is 0 Å². The fraction of sp³-hybridized carbons (Fsp3) is 0.118. The number of benzene rings is 1. The molecule has 0 N–H and O–H groups in total. The van der Waals surface area contributed by atoms with Crippen LogP contribution in [0.4, 0.5) is 0 Å². The van der Waals surface area contributed by atoms with Gasteiger partial charge in [0, 0.05) is 17.5 Å². The maximum absolute atomic E-state index is 12.1. The van der Waals surface area contributed by atoms with E-state index in [-0.39, 0.29) is 11.9 Å². The highest BCUT2D eigenvalue weighted by Gasteiger charge is 2.29. The maximum Gasteiger partial charge on any atom is 0.266 e. The van der Waals surface area contributed by atoms with Crippen LogP contribution in [0.1, 0.15) is 28.4 Å². The Morgan fingerprint density at radius 3 is 2.81 bits per heavy atom. The standard InChI is InChI=1S/C17H15N3O/c1-3-16(21)20-17(14-9-8-12(2)18-10-14)15-7-5-4-6-13(15)11-19-20/h3-11,17H,1H2,2H3. The van der Waals surface area contributed by atoms with Gasteiger partial charge >= 0.3 is 0 Å². The van der Waals surface area contributed by atoms with E-state index in [0.29, 0.717) is 0 Å². The zero-order valence-electron chi connectivity index (χ0n) is 11.7. The summed E-state index contributed by atoms with van der Waals surface area (Å²) in [7, 11) is 0. The molecule has 4 nitrogen and oxygen atoms in total. The molecule has 0 bridgehead atoms. The highest BCUT2D eigenvalue weighted by molar-refractivity contribution is 5.91. The molecule has 1 aliphatic rings. The number of aryl methyl sites for hydroxylation is 1. The summed E-state index contributed by atoms with van der Waals surface area (Å²) in [6, 6.07) is 11.6. The number of rotatable bonds is 2. The van der Waals surface area contributed by atoms with Gasteiger partial charge in [-0.15, -0.1) is 0 Å². The van der Waals surface area contributed by atoms with E-state index in [2.05, 4.69) is 16.7 Å². The summed E-state index contributed by atoms with van der Waals surface area (Å²) >= 11 is 0. The number of hydrogen-bond acceptors (Lipinski definition) is 3. The molecular formula is C17H15N3O. The first-order chi connectivity index (χ1) is 10.2. The molecule has 0 saturated heterocycles. The molecule has 0 saturated carbocycles. The van der Waals surface area contributed by atoms with Crippen LogP contribution in [-0.4, -0.2) is 22.1 Å². The van der Waals surface area contributed by atoms with Crippen LogP contribution in [0, 0.1) is 6.92 Å². The molecule has 2 heterocycles. The van der Waals surface area contributed by atoms with Gasteiger partial charge in [-0.3, -0.25) is 9.78 Å². The van der Waals surface area contributed by atoms with Crippen molar-refractivity contribution in [2.45, 2.75) is 13.0 Å². The first-order valence-corrected chi connectivity index (χ1v) is 6.72. The van der Waals surface area contributed by atoms with Gasteiger partial charge in [0.05, 0.1) is 6.21 Å². The van der Waals surface area contributed by atoms with E-state index < -0.39 is 0 Å². The summed E-state index contributed by atoms with van der Waals surface area (Å²) in [5, 5.41) is 5.73. The minimum atomic E-state index is -0.273. The van der Waals surface area contributed by atoms with E-state index in [1.807, 2.05) is 43.3 Å². The summed E-state index contributed by atoms with van der Waals surface area (Å²) in [4.78, 5) is 16.4. The van der Waals surface area contributed by atoms with Crippen LogP contribution < -0.4 is 0 Å². The van der Waals surface area contributed by atoms with E-state index in [9.17, 15) is 4.79 Å². The Kier molecular flexibility index (Phi) is 3.36. The minimum absolute atomic E-state index is 0.230. The number of carbonyl (C=O) groups is 1. The summed E-state index contributed by atoms with van der Waals surface area (Å²) in [5.74, 6) is -0.230. The van der Waals surface area contributed by atoms with Crippen LogP contribution in [0.5, 0.6) is 0 Å². The molecule has 0 fully saturated rings. The third kappa shape index (κ3) is 2.36. The number of hydrazone groups is 1. The number of fused-ring (bicyclic) bond motifs is 1. The van der Waals surface area contributed by atoms with Gasteiger partial charge in [-0.25, -0.2) is 5.01 Å². The highest BCUT2D eigenvalue weighted by Crippen LogP contribution is 2.33. The molecule has 1 aliphatic heterocycles. The molecule has 104 valence electrons. The van der Waals surface area contributed by atoms with Gasteiger partial charge in [0.1, 0.15) is 6.04 Å². The summed E-state index contributed by atoms with van der Waals surface area (Å²) in [6.45, 7) is 5.49. The fourth-order valence-electron chi connectivity index (χ4n) is 2.44. The Morgan fingerprint density at radius 1 is 1.29 bits per heavy atom. The van der Waals surface area contributed by atoms with Crippen molar-refractivity contribution in [3.8, 4) is 0 Å². The third-order valence-electron chi connectivity index (χ3n) is 3.51. The van der Waals surface area contributed by atoms with Crippen LogP contribution in [-0.2, 0) is 4.79 Å². The van der Waals surface area contributed by atoms with Crippen molar-refractivity contribution >= 4 is 12.1 Å². The zero-order chi connectivity index (χ0) is 14.8. The van der Waals surface area contributed by atoms with Crippen LogP contribution in [0.25, 0.3) is 0 Å². The van der Waals surface area contributed by atoms with Crippen LogP contribution in [0.15, 0.2) is 60.4 Å². The molecular weight excluding hydrogens is 262 g/mol. The van der Waals surface area contributed by atoms with Gasteiger partial charge in [-0.2, -0.15) is 5.10 Å². The van der Waals surface area contributed by atoms with E-state index in [1.54, 1.807) is 12.4 Å². The number of nitrogens with zero attached hydrogens (tertiary/aromatic N) is 3. The topological polar surface area (TPSA) is 45.6 Å². The van der Waals surface area contributed by atoms with Crippen molar-refractivity contribution in [3.63, 3.8) is 0 Å². The van der Waals surface area contributed by atoms with Gasteiger partial charge in [-0.05, 0) is 30.2 Å². The van der Waals surface area contributed by atoms with Crippen molar-refractivity contribution in [2.75, 3.05) is 0 Å². The average molecular weight is 277 g/mol. The highest BCUT2D eigenvalue weighted by atomic mass is 16.2. The first-order valence-electron chi connectivity index (χ1n) is 6.72. The monoisotopic (exact) mass is 277 g/mol. The van der Waals surface area contributed by atoms with Gasteiger partial charge in [0.25, 0.3) is 5.91 Å². The Morgan fingerprint density at radius 2 is 2.10 bits per heavy atom. The largest absolute Gasteiger partial charge is 0.268 e.